The molecule has 0 N–H and O–H groups in total. The molecule has 0 aromatic heterocycles. The highest BCUT2D eigenvalue weighted by Crippen LogP contribution is 2.63. The molecule has 5 aromatic rings. The summed E-state index contributed by atoms with van der Waals surface area (Å²) in [6.45, 7) is 4.55. The van der Waals surface area contributed by atoms with Crippen molar-refractivity contribution in [3.8, 4) is 23.3 Å². The van der Waals surface area contributed by atoms with Crippen molar-refractivity contribution in [3.63, 3.8) is 0 Å². The molecule has 0 saturated heterocycles. The van der Waals surface area contributed by atoms with Gasteiger partial charge in [0.25, 0.3) is 0 Å². The van der Waals surface area contributed by atoms with Crippen LogP contribution in [0.25, 0.3) is 11.1 Å². The number of hydrogen-bond acceptors (Lipinski definition) is 3. The zero-order chi connectivity index (χ0) is 33.1. The molecular weight excluding hydrogens is 583 g/mol. The van der Waals surface area contributed by atoms with Gasteiger partial charge in [0.2, 0.25) is 0 Å². The molecule has 1 heterocycles. The maximum Gasteiger partial charge on any atom is 0.0991 e. The van der Waals surface area contributed by atoms with Crippen molar-refractivity contribution in [1.82, 2.24) is 0 Å². The molecule has 0 fully saturated rings. The molecule has 0 saturated carbocycles. The third kappa shape index (κ3) is 5.29. The van der Waals surface area contributed by atoms with Gasteiger partial charge in [-0.15, -0.1) is 0 Å². The second-order valence-corrected chi connectivity index (χ2v) is 13.5. The molecule has 0 amide bonds. The fourth-order valence-corrected chi connectivity index (χ4v) is 8.24. The maximum absolute atomic E-state index is 10.1. The Morgan fingerprint density at radius 3 is 1.46 bits per heavy atom. The average Bonchev–Trinajstić information content (AvgIpc) is 3.41. The molecule has 5 aromatic carbocycles. The number of nitrogens with zero attached hydrogens (tertiary/aromatic N) is 3. The van der Waals surface area contributed by atoms with Crippen LogP contribution in [0.15, 0.2) is 103 Å². The van der Waals surface area contributed by atoms with E-state index in [2.05, 4.69) is 122 Å². The minimum absolute atomic E-state index is 0.641. The number of aryl methyl sites for hydroxylation is 2. The number of rotatable bonds is 11. The second-order valence-electron chi connectivity index (χ2n) is 13.5. The Bertz CT molecular complexity index is 1910. The van der Waals surface area contributed by atoms with Crippen molar-refractivity contribution in [2.24, 2.45) is 0 Å². The van der Waals surface area contributed by atoms with Crippen molar-refractivity contribution >= 4 is 17.1 Å². The normalized spacial score (nSPS) is 13.3. The highest BCUT2D eigenvalue weighted by molar-refractivity contribution is 5.96. The molecule has 3 nitrogen and oxygen atoms in total. The smallest absolute Gasteiger partial charge is 0.0991 e. The minimum Gasteiger partial charge on any atom is -0.310 e. The SMILES string of the molecule is CCCCCCc1cc(CCCCCC)cc(N2c3ccccc3C3(c4cc(C#N)ccc4-c4ccc(C#N)cc43)c3ccccc32)c1. The zero-order valence-corrected chi connectivity index (χ0v) is 28.2. The van der Waals surface area contributed by atoms with E-state index in [1.54, 1.807) is 0 Å². The molecule has 48 heavy (non-hydrogen) atoms. The van der Waals surface area contributed by atoms with E-state index < -0.39 is 5.41 Å². The van der Waals surface area contributed by atoms with Crippen molar-refractivity contribution in [2.75, 3.05) is 4.90 Å². The Morgan fingerprint density at radius 1 is 0.521 bits per heavy atom. The molecule has 0 bridgehead atoms. The summed E-state index contributed by atoms with van der Waals surface area (Å²) in [7, 11) is 0. The quantitative estimate of drug-likeness (QED) is 0.134. The summed E-state index contributed by atoms with van der Waals surface area (Å²) in [6, 6.07) is 41.9. The molecule has 1 spiro atoms. The first-order valence-corrected chi connectivity index (χ1v) is 17.9. The van der Waals surface area contributed by atoms with E-state index in [-0.39, 0.29) is 0 Å². The summed E-state index contributed by atoms with van der Waals surface area (Å²) in [6.07, 6.45) is 12.2. The molecule has 0 unspecified atom stereocenters. The van der Waals surface area contributed by atoms with E-state index in [4.69, 9.17) is 0 Å². The molecule has 1 aliphatic heterocycles. The van der Waals surface area contributed by atoms with Crippen LogP contribution < -0.4 is 4.90 Å². The number of para-hydroxylation sites is 2. The number of anilines is 3. The van der Waals surface area contributed by atoms with Crippen LogP contribution in [0, 0.1) is 22.7 Å². The van der Waals surface area contributed by atoms with E-state index in [1.165, 1.54) is 79.3 Å². The lowest BCUT2D eigenvalue weighted by molar-refractivity contribution is 0.661. The standard InChI is InChI=1S/C45H43N3/c1-3-5-7-9-15-32-25-33(16-10-8-6-4-2)27-36(26-32)48-43-19-13-11-17-39(43)45(40-18-12-14-20-44(40)48)41-28-34(30-46)21-23-37(41)38-24-22-35(31-47)29-42(38)45/h11-14,17-29H,3-10,15-16H2,1-2H3. The Labute approximate surface area is 286 Å². The largest absolute Gasteiger partial charge is 0.310 e. The van der Waals surface area contributed by atoms with E-state index in [0.717, 1.165) is 46.5 Å². The number of nitriles is 2. The van der Waals surface area contributed by atoms with Crippen LogP contribution in [-0.2, 0) is 18.3 Å². The van der Waals surface area contributed by atoms with Crippen molar-refractivity contribution in [3.05, 3.63) is 148 Å². The molecule has 2 aliphatic rings. The van der Waals surface area contributed by atoms with E-state index >= 15 is 0 Å². The van der Waals surface area contributed by atoms with Gasteiger partial charge in [-0.25, -0.2) is 0 Å². The summed E-state index contributed by atoms with van der Waals surface area (Å²) < 4.78 is 0. The summed E-state index contributed by atoms with van der Waals surface area (Å²) in [5.74, 6) is 0. The molecule has 0 radical (unpaired) electrons. The topological polar surface area (TPSA) is 50.8 Å². The zero-order valence-electron chi connectivity index (χ0n) is 28.2. The van der Waals surface area contributed by atoms with Gasteiger partial charge in [0.15, 0.2) is 0 Å². The van der Waals surface area contributed by atoms with E-state index in [9.17, 15) is 10.5 Å². The van der Waals surface area contributed by atoms with Crippen LogP contribution in [0.5, 0.6) is 0 Å². The van der Waals surface area contributed by atoms with Gasteiger partial charge in [0, 0.05) is 5.69 Å². The first-order valence-electron chi connectivity index (χ1n) is 17.9. The van der Waals surface area contributed by atoms with Gasteiger partial charge in [-0.2, -0.15) is 10.5 Å². The second kappa shape index (κ2) is 13.5. The number of fused-ring (bicyclic) bond motifs is 9. The Morgan fingerprint density at radius 2 is 1.00 bits per heavy atom. The van der Waals surface area contributed by atoms with Crippen molar-refractivity contribution in [2.45, 2.75) is 83.5 Å². The highest BCUT2D eigenvalue weighted by atomic mass is 15.2. The Hall–Kier alpha value is -5.12. The number of unbranched alkanes of at least 4 members (excludes halogenated alkanes) is 6. The van der Waals surface area contributed by atoms with Gasteiger partial charge in [0.1, 0.15) is 0 Å². The third-order valence-electron chi connectivity index (χ3n) is 10.4. The van der Waals surface area contributed by atoms with Crippen LogP contribution in [0.4, 0.5) is 17.1 Å². The van der Waals surface area contributed by atoms with Gasteiger partial charge in [-0.1, -0.05) is 107 Å². The summed E-state index contributed by atoms with van der Waals surface area (Å²) in [5.41, 5.74) is 13.7. The van der Waals surface area contributed by atoms with Crippen LogP contribution in [0.2, 0.25) is 0 Å². The lowest BCUT2D eigenvalue weighted by atomic mass is 9.64. The van der Waals surface area contributed by atoms with Crippen LogP contribution >= 0.6 is 0 Å². The molecule has 7 rings (SSSR count). The van der Waals surface area contributed by atoms with Crippen molar-refractivity contribution < 1.29 is 0 Å². The van der Waals surface area contributed by atoms with Crippen LogP contribution in [0.1, 0.15) is 110 Å². The number of benzene rings is 5. The van der Waals surface area contributed by atoms with E-state index in [1.807, 2.05) is 12.1 Å². The molecule has 1 aliphatic carbocycles. The van der Waals surface area contributed by atoms with Crippen LogP contribution in [-0.4, -0.2) is 0 Å². The minimum atomic E-state index is -0.672. The highest BCUT2D eigenvalue weighted by Gasteiger charge is 2.52. The summed E-state index contributed by atoms with van der Waals surface area (Å²) in [4.78, 5) is 2.47. The third-order valence-corrected chi connectivity index (χ3v) is 10.4. The summed E-state index contributed by atoms with van der Waals surface area (Å²) >= 11 is 0. The maximum atomic E-state index is 10.1. The number of hydrogen-bond donors (Lipinski definition) is 0. The van der Waals surface area contributed by atoms with Gasteiger partial charge < -0.3 is 4.90 Å². The van der Waals surface area contributed by atoms with Gasteiger partial charge in [-0.05, 0) is 119 Å². The monoisotopic (exact) mass is 625 g/mol. The lowest BCUT2D eigenvalue weighted by Gasteiger charge is -2.45. The molecule has 0 atom stereocenters. The van der Waals surface area contributed by atoms with Gasteiger partial charge in [-0.3, -0.25) is 0 Å². The Kier molecular flexibility index (Phi) is 8.88. The van der Waals surface area contributed by atoms with E-state index in [0.29, 0.717) is 11.1 Å². The van der Waals surface area contributed by atoms with Gasteiger partial charge >= 0.3 is 0 Å². The summed E-state index contributed by atoms with van der Waals surface area (Å²) in [5, 5.41) is 20.1. The Balaban J connectivity index is 1.46. The predicted molar refractivity (Wildman–Crippen MR) is 197 cm³/mol. The predicted octanol–water partition coefficient (Wildman–Crippen LogP) is 11.8. The molecule has 238 valence electrons. The fourth-order valence-electron chi connectivity index (χ4n) is 8.24. The van der Waals surface area contributed by atoms with Crippen LogP contribution in [0.3, 0.4) is 0 Å². The first-order chi connectivity index (χ1) is 23.6. The fraction of sp³-hybridized carbons (Fsp3) is 0.289. The van der Waals surface area contributed by atoms with Crippen molar-refractivity contribution in [1.29, 1.82) is 10.5 Å². The molecular formula is C45H43N3. The average molecular weight is 626 g/mol. The molecule has 3 heteroatoms. The lowest BCUT2D eigenvalue weighted by Crippen LogP contribution is -2.36. The first kappa shape index (κ1) is 31.5. The van der Waals surface area contributed by atoms with Gasteiger partial charge in [0.05, 0.1) is 40.1 Å².